The van der Waals surface area contributed by atoms with Crippen molar-refractivity contribution in [1.82, 2.24) is 20.0 Å². The summed E-state index contributed by atoms with van der Waals surface area (Å²) in [6.07, 6.45) is 5.11. The van der Waals surface area contributed by atoms with Crippen molar-refractivity contribution in [3.05, 3.63) is 93.3 Å². The average molecular weight is 861 g/mol. The Kier molecular flexibility index (Phi) is 11.2. The van der Waals surface area contributed by atoms with E-state index in [1.165, 1.54) is 0 Å². The fourth-order valence-corrected chi connectivity index (χ4v) is 10.8. The lowest BCUT2D eigenvalue weighted by Crippen LogP contribution is -2.56. The van der Waals surface area contributed by atoms with Crippen LogP contribution >= 0.6 is 11.6 Å². The molecule has 6 aliphatic rings. The SMILES string of the molecule is [C-]#[N+]c1ccc(N2CCC3(CCN(c4ccc(C(=O)N5CCN(CC6(OC)CCN(c7ccc8c(c7)C(=O)N(C7CCC(=O)NC7=O)C8=O)CC6)CC5)cc4)CC3)C2)c(C)c1Cl. The van der Waals surface area contributed by atoms with Crippen LogP contribution in [0, 0.1) is 18.9 Å². The van der Waals surface area contributed by atoms with Gasteiger partial charge in [0.2, 0.25) is 17.5 Å². The maximum atomic E-state index is 13.7. The number of hydrogen-bond donors (Lipinski definition) is 1. The topological polar surface area (TPSA) is 130 Å². The summed E-state index contributed by atoms with van der Waals surface area (Å²) in [5.74, 6) is -1.98. The standard InChI is InChI=1S/C47H53ClN8O6/c1-31-38(11-10-37(49-2)41(31)48)55-21-16-46(29-55)14-19-52(20-15-46)33-6-4-32(5-7-33)43(59)54-26-24-51(25-27-54)30-47(62-3)17-22-53(23-18-47)34-8-9-35-36(28-34)45(61)56(44(35)60)39-12-13-40(57)50-42(39)58/h4-11,28,39H,12-27,29-30H2,1,3H3,(H,50,57,58). The van der Waals surface area contributed by atoms with Crippen LogP contribution in [-0.2, 0) is 14.3 Å². The quantitative estimate of drug-likeness (QED) is 0.228. The number of carbonyl (C=O) groups is 5. The highest BCUT2D eigenvalue weighted by Gasteiger charge is 2.46. The average Bonchev–Trinajstić information content (AvgIpc) is 3.81. The molecular formula is C47H53ClN8O6. The van der Waals surface area contributed by atoms with E-state index >= 15 is 0 Å². The highest BCUT2D eigenvalue weighted by atomic mass is 35.5. The number of amides is 5. The van der Waals surface area contributed by atoms with Crippen molar-refractivity contribution in [3.63, 3.8) is 0 Å². The van der Waals surface area contributed by atoms with E-state index in [1.807, 2.05) is 42.2 Å². The van der Waals surface area contributed by atoms with Gasteiger partial charge < -0.3 is 24.3 Å². The minimum absolute atomic E-state index is 0.0594. The van der Waals surface area contributed by atoms with E-state index in [9.17, 15) is 24.0 Å². The summed E-state index contributed by atoms with van der Waals surface area (Å²) < 4.78 is 6.21. The number of piperazine rings is 1. The van der Waals surface area contributed by atoms with Gasteiger partial charge in [0.25, 0.3) is 17.7 Å². The summed E-state index contributed by atoms with van der Waals surface area (Å²) in [5.41, 5.74) is 5.80. The predicted octanol–water partition coefficient (Wildman–Crippen LogP) is 5.54. The van der Waals surface area contributed by atoms with Crippen molar-refractivity contribution < 1.29 is 28.7 Å². The summed E-state index contributed by atoms with van der Waals surface area (Å²) in [5, 5.41) is 2.80. The molecule has 5 fully saturated rings. The lowest BCUT2D eigenvalue weighted by Gasteiger charge is -2.45. The number of hydrogen-bond acceptors (Lipinski definition) is 10. The third-order valence-electron chi connectivity index (χ3n) is 14.6. The molecule has 6 aliphatic heterocycles. The number of methoxy groups -OCH3 is 1. The molecule has 5 amide bonds. The van der Waals surface area contributed by atoms with E-state index in [1.54, 1.807) is 19.2 Å². The Bertz CT molecular complexity index is 2340. The van der Waals surface area contributed by atoms with Gasteiger partial charge in [-0.3, -0.25) is 39.1 Å². The van der Waals surface area contributed by atoms with Gasteiger partial charge in [0.1, 0.15) is 6.04 Å². The Balaban J connectivity index is 0.738. The smallest absolute Gasteiger partial charge is 0.262 e. The molecule has 1 atom stereocenters. The third-order valence-corrected chi connectivity index (χ3v) is 15.1. The van der Waals surface area contributed by atoms with E-state index in [0.717, 1.165) is 105 Å². The van der Waals surface area contributed by atoms with Crippen LogP contribution in [0.15, 0.2) is 54.6 Å². The molecule has 1 spiro atoms. The molecule has 9 rings (SSSR count). The van der Waals surface area contributed by atoms with Gasteiger partial charge in [-0.05, 0) is 105 Å². The van der Waals surface area contributed by atoms with E-state index < -0.39 is 29.7 Å². The molecule has 1 unspecified atom stereocenters. The zero-order chi connectivity index (χ0) is 43.3. The molecule has 0 bridgehead atoms. The molecule has 0 radical (unpaired) electrons. The van der Waals surface area contributed by atoms with Gasteiger partial charge in [0, 0.05) is 108 Å². The number of imide groups is 2. The monoisotopic (exact) mass is 860 g/mol. The molecule has 6 heterocycles. The summed E-state index contributed by atoms with van der Waals surface area (Å²) in [6, 6.07) is 16.3. The van der Waals surface area contributed by atoms with Gasteiger partial charge in [-0.1, -0.05) is 17.7 Å². The minimum Gasteiger partial charge on any atom is -0.377 e. The van der Waals surface area contributed by atoms with E-state index in [2.05, 4.69) is 41.9 Å². The number of ether oxygens (including phenoxy) is 1. The number of fused-ring (bicyclic) bond motifs is 1. The molecule has 15 heteroatoms. The number of benzene rings is 3. The summed E-state index contributed by atoms with van der Waals surface area (Å²) in [4.78, 5) is 80.4. The number of rotatable bonds is 8. The van der Waals surface area contributed by atoms with Gasteiger partial charge in [-0.25, -0.2) is 4.85 Å². The first-order valence-corrected chi connectivity index (χ1v) is 22.2. The van der Waals surface area contributed by atoms with Crippen LogP contribution in [0.1, 0.15) is 81.6 Å². The summed E-state index contributed by atoms with van der Waals surface area (Å²) >= 11 is 6.52. The Morgan fingerprint density at radius 2 is 1.44 bits per heavy atom. The maximum absolute atomic E-state index is 13.7. The van der Waals surface area contributed by atoms with E-state index in [-0.39, 0.29) is 40.9 Å². The number of carbonyl (C=O) groups excluding carboxylic acids is 5. The number of nitrogens with zero attached hydrogens (tertiary/aromatic N) is 7. The molecule has 3 aromatic carbocycles. The predicted molar refractivity (Wildman–Crippen MR) is 236 cm³/mol. The molecule has 14 nitrogen and oxygen atoms in total. The first-order valence-electron chi connectivity index (χ1n) is 21.8. The van der Waals surface area contributed by atoms with Crippen LogP contribution in [0.25, 0.3) is 4.85 Å². The Morgan fingerprint density at radius 3 is 2.10 bits per heavy atom. The molecule has 1 N–H and O–H groups in total. The largest absolute Gasteiger partial charge is 0.377 e. The van der Waals surface area contributed by atoms with Gasteiger partial charge >= 0.3 is 0 Å². The highest BCUT2D eigenvalue weighted by Crippen LogP contribution is 2.45. The Hall–Kier alpha value is -5.49. The second-order valence-corrected chi connectivity index (χ2v) is 18.4. The molecule has 5 saturated heterocycles. The minimum atomic E-state index is -0.994. The van der Waals surface area contributed by atoms with Gasteiger partial charge in [0.05, 0.1) is 28.3 Å². The van der Waals surface area contributed by atoms with Crippen molar-refractivity contribution in [1.29, 1.82) is 0 Å². The number of halogens is 1. The van der Waals surface area contributed by atoms with Crippen LogP contribution < -0.4 is 20.0 Å². The lowest BCUT2D eigenvalue weighted by atomic mass is 9.77. The zero-order valence-electron chi connectivity index (χ0n) is 35.5. The van der Waals surface area contributed by atoms with Crippen molar-refractivity contribution in [3.8, 4) is 0 Å². The second-order valence-electron chi connectivity index (χ2n) is 18.0. The van der Waals surface area contributed by atoms with Crippen molar-refractivity contribution in [2.45, 2.75) is 63.5 Å². The summed E-state index contributed by atoms with van der Waals surface area (Å²) in [6.45, 7) is 18.3. The summed E-state index contributed by atoms with van der Waals surface area (Å²) in [7, 11) is 1.77. The van der Waals surface area contributed by atoms with Crippen LogP contribution in [0.5, 0.6) is 0 Å². The van der Waals surface area contributed by atoms with Gasteiger partial charge in [-0.15, -0.1) is 0 Å². The first kappa shape index (κ1) is 41.8. The Morgan fingerprint density at radius 1 is 0.806 bits per heavy atom. The fourth-order valence-electron chi connectivity index (χ4n) is 10.6. The number of anilines is 3. The molecule has 0 aliphatic carbocycles. The number of piperidine rings is 3. The zero-order valence-corrected chi connectivity index (χ0v) is 36.2. The third kappa shape index (κ3) is 7.69. The normalized spacial score (nSPS) is 22.6. The highest BCUT2D eigenvalue weighted by molar-refractivity contribution is 6.34. The van der Waals surface area contributed by atoms with Crippen molar-refractivity contribution in [2.75, 3.05) is 93.8 Å². The van der Waals surface area contributed by atoms with Crippen LogP contribution in [0.3, 0.4) is 0 Å². The van der Waals surface area contributed by atoms with Crippen molar-refractivity contribution >= 4 is 63.9 Å². The fraction of sp³-hybridized carbons (Fsp3) is 0.489. The molecule has 0 saturated carbocycles. The van der Waals surface area contributed by atoms with Crippen LogP contribution in [0.4, 0.5) is 22.7 Å². The van der Waals surface area contributed by atoms with Crippen LogP contribution in [0.2, 0.25) is 5.02 Å². The van der Waals surface area contributed by atoms with Gasteiger partial charge in [0.15, 0.2) is 0 Å². The maximum Gasteiger partial charge on any atom is 0.262 e. The molecular weight excluding hydrogens is 808 g/mol. The molecule has 0 aromatic heterocycles. The number of nitrogens with one attached hydrogen (secondary N) is 1. The van der Waals surface area contributed by atoms with E-state index in [4.69, 9.17) is 22.9 Å². The Labute approximate surface area is 367 Å². The van der Waals surface area contributed by atoms with Crippen molar-refractivity contribution in [2.24, 2.45) is 5.41 Å². The van der Waals surface area contributed by atoms with Gasteiger partial charge in [-0.2, -0.15) is 0 Å². The second kappa shape index (κ2) is 16.7. The molecule has 324 valence electrons. The van der Waals surface area contributed by atoms with Crippen LogP contribution in [-0.4, -0.2) is 135 Å². The lowest BCUT2D eigenvalue weighted by molar-refractivity contribution is -0.136. The van der Waals surface area contributed by atoms with E-state index in [0.29, 0.717) is 42.5 Å². The molecule has 62 heavy (non-hydrogen) atoms. The first-order chi connectivity index (χ1) is 29.9. The molecule has 3 aromatic rings.